The Morgan fingerprint density at radius 3 is 2.55 bits per heavy atom. The van der Waals surface area contributed by atoms with Crippen LogP contribution >= 0.6 is 24.0 Å². The summed E-state index contributed by atoms with van der Waals surface area (Å²) in [4.78, 5) is 4.76. The van der Waals surface area contributed by atoms with E-state index in [1.165, 1.54) is 24.4 Å². The van der Waals surface area contributed by atoms with Crippen molar-refractivity contribution in [3.8, 4) is 5.75 Å². The third-order valence-corrected chi connectivity index (χ3v) is 4.80. The van der Waals surface area contributed by atoms with Crippen LogP contribution in [0.2, 0.25) is 0 Å². The summed E-state index contributed by atoms with van der Waals surface area (Å²) in [5.41, 5.74) is 4.31. The normalized spacial score (nSPS) is 12.3. The number of hydrogen-bond donors (Lipinski definition) is 2. The van der Waals surface area contributed by atoms with Gasteiger partial charge in [-0.15, -0.1) is 24.0 Å². The third-order valence-electron chi connectivity index (χ3n) is 4.80. The molecule has 1 unspecified atom stereocenters. The average Bonchev–Trinajstić information content (AvgIpc) is 3.00. The molecule has 0 aliphatic rings. The number of aliphatic imine (C=N–C) groups is 1. The van der Waals surface area contributed by atoms with Gasteiger partial charge in [-0.2, -0.15) is 5.10 Å². The van der Waals surface area contributed by atoms with Gasteiger partial charge in [-0.1, -0.05) is 19.9 Å². The molecule has 1 heterocycles. The van der Waals surface area contributed by atoms with Gasteiger partial charge in [0.05, 0.1) is 25.4 Å². The molecule has 0 bridgehead atoms. The first-order valence-electron chi connectivity index (χ1n) is 9.86. The smallest absolute Gasteiger partial charge is 0.192 e. The highest BCUT2D eigenvalue weighted by Gasteiger charge is 2.15. The van der Waals surface area contributed by atoms with Gasteiger partial charge in [0.1, 0.15) is 0 Å². The second-order valence-corrected chi connectivity index (χ2v) is 6.66. The molecule has 162 valence electrons. The van der Waals surface area contributed by atoms with E-state index in [4.69, 9.17) is 9.73 Å². The number of benzene rings is 1. The number of hydrogen-bond acceptors (Lipinski definition) is 3. The van der Waals surface area contributed by atoms with Gasteiger partial charge in [0.2, 0.25) is 0 Å². The van der Waals surface area contributed by atoms with E-state index >= 15 is 0 Å². The lowest BCUT2D eigenvalue weighted by atomic mass is 10.1. The summed E-state index contributed by atoms with van der Waals surface area (Å²) >= 11 is 0. The molecular formula is C21H33FIN5O. The summed E-state index contributed by atoms with van der Waals surface area (Å²) in [7, 11) is 3.44. The van der Waals surface area contributed by atoms with Crippen LogP contribution in [0.4, 0.5) is 4.39 Å². The Morgan fingerprint density at radius 1 is 1.28 bits per heavy atom. The number of nitrogens with zero attached hydrogens (tertiary/aromatic N) is 3. The summed E-state index contributed by atoms with van der Waals surface area (Å²) in [6.07, 6.45) is 1.80. The van der Waals surface area contributed by atoms with Crippen LogP contribution in [-0.4, -0.2) is 29.4 Å². The van der Waals surface area contributed by atoms with Crippen molar-refractivity contribution >= 4 is 29.9 Å². The summed E-state index contributed by atoms with van der Waals surface area (Å²) in [6, 6.07) is 4.88. The van der Waals surface area contributed by atoms with Gasteiger partial charge in [-0.25, -0.2) is 9.38 Å². The molecule has 0 aliphatic heterocycles. The van der Waals surface area contributed by atoms with E-state index in [0.717, 1.165) is 30.6 Å². The first kappa shape index (κ1) is 25.2. The summed E-state index contributed by atoms with van der Waals surface area (Å²) in [5, 5.41) is 11.2. The van der Waals surface area contributed by atoms with E-state index in [1.807, 2.05) is 31.6 Å². The number of halogens is 2. The first-order valence-corrected chi connectivity index (χ1v) is 9.86. The van der Waals surface area contributed by atoms with Gasteiger partial charge in [0.25, 0.3) is 0 Å². The Bertz CT molecular complexity index is 822. The molecule has 2 aromatic rings. The molecule has 2 rings (SSSR count). The monoisotopic (exact) mass is 517 g/mol. The zero-order valence-electron chi connectivity index (χ0n) is 18.2. The fourth-order valence-corrected chi connectivity index (χ4v) is 3.29. The predicted molar refractivity (Wildman–Crippen MR) is 127 cm³/mol. The molecule has 6 nitrogen and oxygen atoms in total. The van der Waals surface area contributed by atoms with Crippen LogP contribution in [0.15, 0.2) is 23.2 Å². The van der Waals surface area contributed by atoms with Crippen molar-refractivity contribution < 1.29 is 9.13 Å². The Labute approximate surface area is 190 Å². The lowest BCUT2D eigenvalue weighted by molar-refractivity contribution is 0.386. The van der Waals surface area contributed by atoms with Gasteiger partial charge in [-0.3, -0.25) is 4.68 Å². The van der Waals surface area contributed by atoms with E-state index < -0.39 is 0 Å². The van der Waals surface area contributed by atoms with Gasteiger partial charge in [0, 0.05) is 24.8 Å². The Hall–Kier alpha value is -1.84. The van der Waals surface area contributed by atoms with E-state index in [9.17, 15) is 4.39 Å². The van der Waals surface area contributed by atoms with Crippen molar-refractivity contribution in [1.29, 1.82) is 0 Å². The van der Waals surface area contributed by atoms with Crippen LogP contribution < -0.4 is 15.4 Å². The lowest BCUT2D eigenvalue weighted by Gasteiger charge is -2.19. The molecule has 2 N–H and O–H groups in total. The van der Waals surface area contributed by atoms with Crippen molar-refractivity contribution in [2.75, 3.05) is 13.7 Å². The number of methoxy groups -OCH3 is 1. The van der Waals surface area contributed by atoms with Gasteiger partial charge < -0.3 is 15.4 Å². The van der Waals surface area contributed by atoms with E-state index in [0.29, 0.717) is 12.5 Å². The molecule has 0 radical (unpaired) electrons. The molecule has 1 aromatic heterocycles. The fraction of sp³-hybridized carbons (Fsp3) is 0.524. The average molecular weight is 517 g/mol. The predicted octanol–water partition coefficient (Wildman–Crippen LogP) is 4.13. The molecule has 8 heteroatoms. The van der Waals surface area contributed by atoms with Crippen molar-refractivity contribution in [2.45, 2.75) is 53.1 Å². The number of rotatable bonds is 8. The van der Waals surface area contributed by atoms with Crippen LogP contribution in [0.5, 0.6) is 5.75 Å². The molecule has 0 aliphatic carbocycles. The van der Waals surface area contributed by atoms with Crippen molar-refractivity contribution in [2.24, 2.45) is 12.0 Å². The number of ether oxygens (including phenoxy) is 1. The topological polar surface area (TPSA) is 63.5 Å². The van der Waals surface area contributed by atoms with Crippen molar-refractivity contribution in [3.05, 3.63) is 46.5 Å². The maximum absolute atomic E-state index is 14.0. The van der Waals surface area contributed by atoms with E-state index in [1.54, 1.807) is 6.07 Å². The van der Waals surface area contributed by atoms with Crippen molar-refractivity contribution in [1.82, 2.24) is 20.4 Å². The zero-order chi connectivity index (χ0) is 20.7. The molecule has 1 atom stereocenters. The van der Waals surface area contributed by atoms with Crippen LogP contribution in [0.1, 0.15) is 56.3 Å². The van der Waals surface area contributed by atoms with Crippen LogP contribution in [0, 0.1) is 5.82 Å². The highest BCUT2D eigenvalue weighted by Crippen LogP contribution is 2.22. The van der Waals surface area contributed by atoms with Crippen LogP contribution in [0.25, 0.3) is 0 Å². The Morgan fingerprint density at radius 2 is 2.00 bits per heavy atom. The van der Waals surface area contributed by atoms with Crippen molar-refractivity contribution in [3.63, 3.8) is 0 Å². The molecule has 0 saturated heterocycles. The maximum Gasteiger partial charge on any atom is 0.192 e. The SMILES string of the molecule is CCNC(=NCc1c(CC)nn(C)c1CC)NC(C)c1ccc(OC)c(F)c1.I. The summed E-state index contributed by atoms with van der Waals surface area (Å²) in [6.45, 7) is 9.54. The third kappa shape index (κ3) is 6.32. The summed E-state index contributed by atoms with van der Waals surface area (Å²) < 4.78 is 21.0. The number of nitrogens with one attached hydrogen (secondary N) is 2. The fourth-order valence-electron chi connectivity index (χ4n) is 3.29. The first-order chi connectivity index (χ1) is 13.4. The molecule has 0 amide bonds. The molecule has 1 aromatic carbocycles. The molecular weight excluding hydrogens is 484 g/mol. The summed E-state index contributed by atoms with van der Waals surface area (Å²) in [5.74, 6) is 0.567. The maximum atomic E-state index is 14.0. The van der Waals surface area contributed by atoms with Gasteiger partial charge >= 0.3 is 0 Å². The quantitative estimate of drug-likeness (QED) is 0.314. The molecule has 0 spiro atoms. The molecule has 0 fully saturated rings. The number of aryl methyl sites for hydroxylation is 2. The van der Waals surface area contributed by atoms with E-state index in [-0.39, 0.29) is 41.6 Å². The molecule has 0 saturated carbocycles. The standard InChI is InChI=1S/C21H32FN5O.HI/c1-7-18-16(19(8-2)27(5)26-18)13-24-21(23-9-3)25-14(4)15-10-11-20(28-6)17(22)12-15;/h10-12,14H,7-9,13H2,1-6H3,(H2,23,24,25);1H. The minimum absolute atomic E-state index is 0. The van der Waals surface area contributed by atoms with Crippen LogP contribution in [0.3, 0.4) is 0 Å². The minimum atomic E-state index is -0.369. The highest BCUT2D eigenvalue weighted by atomic mass is 127. The van der Waals surface area contributed by atoms with Crippen LogP contribution in [-0.2, 0) is 26.4 Å². The van der Waals surface area contributed by atoms with Gasteiger partial charge in [-0.05, 0) is 44.4 Å². The zero-order valence-corrected chi connectivity index (χ0v) is 20.5. The number of guanidine groups is 1. The molecule has 29 heavy (non-hydrogen) atoms. The second-order valence-electron chi connectivity index (χ2n) is 6.66. The lowest BCUT2D eigenvalue weighted by Crippen LogP contribution is -2.38. The Kier molecular flexibility index (Phi) is 10.4. The van der Waals surface area contributed by atoms with E-state index in [2.05, 4.69) is 29.6 Å². The minimum Gasteiger partial charge on any atom is -0.494 e. The van der Waals surface area contributed by atoms with Gasteiger partial charge in [0.15, 0.2) is 17.5 Å². The second kappa shape index (κ2) is 12.0. The highest BCUT2D eigenvalue weighted by molar-refractivity contribution is 14.0. The number of aromatic nitrogens is 2. The Balaban J connectivity index is 0.00000420. The largest absolute Gasteiger partial charge is 0.494 e.